The van der Waals surface area contributed by atoms with E-state index in [2.05, 4.69) is 4.98 Å². The second kappa shape index (κ2) is 6.68. The van der Waals surface area contributed by atoms with Gasteiger partial charge in [-0.1, -0.05) is 0 Å². The average Bonchev–Trinajstić information content (AvgIpc) is 3.05. The summed E-state index contributed by atoms with van der Waals surface area (Å²) >= 11 is 0. The molecule has 0 aliphatic carbocycles. The summed E-state index contributed by atoms with van der Waals surface area (Å²) in [6.07, 6.45) is -5.19. The molecule has 0 radical (unpaired) electrons. The SMILES string of the molecule is N#CC1(CF)COc2c1cc(C(O)(CN)C(F)(F)F)nc2-c1ccc(F)cc1. The Morgan fingerprint density at radius 3 is 2.43 bits per heavy atom. The molecule has 3 rings (SSSR count). The van der Waals surface area contributed by atoms with E-state index in [4.69, 9.17) is 10.5 Å². The van der Waals surface area contributed by atoms with Crippen molar-refractivity contribution in [3.8, 4) is 23.1 Å². The molecule has 3 N–H and O–H groups in total. The summed E-state index contributed by atoms with van der Waals surface area (Å²) in [6.45, 7) is -2.92. The maximum absolute atomic E-state index is 13.7. The van der Waals surface area contributed by atoms with Gasteiger partial charge in [0.15, 0.2) is 5.75 Å². The highest BCUT2D eigenvalue weighted by atomic mass is 19.4. The number of halogens is 5. The van der Waals surface area contributed by atoms with E-state index in [9.17, 15) is 32.3 Å². The number of aromatic nitrogens is 1. The van der Waals surface area contributed by atoms with Crippen molar-refractivity contribution in [1.29, 1.82) is 5.26 Å². The van der Waals surface area contributed by atoms with E-state index in [1.54, 1.807) is 6.07 Å². The van der Waals surface area contributed by atoms with Gasteiger partial charge in [0.05, 0.1) is 11.8 Å². The number of pyridine rings is 1. The Kier molecular flexibility index (Phi) is 4.77. The van der Waals surface area contributed by atoms with Gasteiger partial charge in [0.25, 0.3) is 0 Å². The van der Waals surface area contributed by atoms with Crippen LogP contribution in [0.25, 0.3) is 11.3 Å². The molecule has 10 heteroatoms. The second-order valence-electron chi connectivity index (χ2n) is 6.42. The molecule has 0 fully saturated rings. The fourth-order valence-electron chi connectivity index (χ4n) is 2.92. The summed E-state index contributed by atoms with van der Waals surface area (Å²) in [4.78, 5) is 3.86. The highest BCUT2D eigenvalue weighted by Gasteiger charge is 2.56. The number of benzene rings is 1. The van der Waals surface area contributed by atoms with Crippen molar-refractivity contribution in [2.45, 2.75) is 17.2 Å². The van der Waals surface area contributed by atoms with Crippen molar-refractivity contribution < 1.29 is 31.8 Å². The van der Waals surface area contributed by atoms with Crippen LogP contribution in [0.4, 0.5) is 22.0 Å². The number of alkyl halides is 4. The lowest BCUT2D eigenvalue weighted by molar-refractivity contribution is -0.263. The smallest absolute Gasteiger partial charge is 0.424 e. The molecule has 0 saturated carbocycles. The number of nitrogens with zero attached hydrogens (tertiary/aromatic N) is 2. The molecule has 2 aromatic rings. The number of hydrogen-bond acceptors (Lipinski definition) is 5. The van der Waals surface area contributed by atoms with Crippen LogP contribution < -0.4 is 10.5 Å². The molecule has 2 atom stereocenters. The number of nitrogens with two attached hydrogens (primary N) is 1. The third-order valence-electron chi connectivity index (χ3n) is 4.70. The lowest BCUT2D eigenvalue weighted by atomic mass is 9.83. The Hall–Kier alpha value is -2.77. The summed E-state index contributed by atoms with van der Waals surface area (Å²) < 4.78 is 72.8. The first-order valence-electron chi connectivity index (χ1n) is 8.03. The first-order valence-corrected chi connectivity index (χ1v) is 8.03. The number of ether oxygens (including phenoxy) is 1. The van der Waals surface area contributed by atoms with Crippen LogP contribution in [-0.2, 0) is 11.0 Å². The van der Waals surface area contributed by atoms with Gasteiger partial charge >= 0.3 is 6.18 Å². The van der Waals surface area contributed by atoms with Crippen LogP contribution in [0.5, 0.6) is 5.75 Å². The minimum atomic E-state index is -5.19. The topological polar surface area (TPSA) is 92.2 Å². The van der Waals surface area contributed by atoms with Gasteiger partial charge in [-0.05, 0) is 30.3 Å². The maximum Gasteiger partial charge on any atom is 0.424 e. The van der Waals surface area contributed by atoms with Gasteiger partial charge in [0.2, 0.25) is 5.60 Å². The third kappa shape index (κ3) is 2.87. The first kappa shape index (κ1) is 20.0. The molecule has 0 spiro atoms. The molecular weight excluding hydrogens is 385 g/mol. The van der Waals surface area contributed by atoms with Crippen LogP contribution in [0, 0.1) is 17.1 Å². The average molecular weight is 399 g/mol. The van der Waals surface area contributed by atoms with E-state index in [1.807, 2.05) is 0 Å². The monoisotopic (exact) mass is 399 g/mol. The van der Waals surface area contributed by atoms with Crippen molar-refractivity contribution in [1.82, 2.24) is 4.98 Å². The number of rotatable bonds is 4. The third-order valence-corrected chi connectivity index (χ3v) is 4.70. The van der Waals surface area contributed by atoms with E-state index in [-0.39, 0.29) is 22.6 Å². The van der Waals surface area contributed by atoms with Crippen LogP contribution >= 0.6 is 0 Å². The Morgan fingerprint density at radius 2 is 1.93 bits per heavy atom. The van der Waals surface area contributed by atoms with Crippen molar-refractivity contribution in [2.24, 2.45) is 5.73 Å². The molecule has 5 nitrogen and oxygen atoms in total. The Balaban J connectivity index is 2.34. The molecule has 2 unspecified atom stereocenters. The fraction of sp³-hybridized carbons (Fsp3) is 0.333. The fourth-order valence-corrected chi connectivity index (χ4v) is 2.92. The molecule has 1 aromatic carbocycles. The number of aliphatic hydroxyl groups is 1. The molecule has 0 amide bonds. The Bertz CT molecular complexity index is 942. The largest absolute Gasteiger partial charge is 0.489 e. The van der Waals surface area contributed by atoms with Crippen LogP contribution in [0.15, 0.2) is 30.3 Å². The predicted octanol–water partition coefficient (Wildman–Crippen LogP) is 2.72. The number of hydrogen-bond donors (Lipinski definition) is 2. The summed E-state index contributed by atoms with van der Waals surface area (Å²) in [7, 11) is 0. The van der Waals surface area contributed by atoms with Crippen LogP contribution in [0.3, 0.4) is 0 Å². The van der Waals surface area contributed by atoms with Gasteiger partial charge in [-0.3, -0.25) is 0 Å². The molecule has 2 heterocycles. The Morgan fingerprint density at radius 1 is 1.29 bits per heavy atom. The van der Waals surface area contributed by atoms with E-state index in [0.29, 0.717) is 0 Å². The minimum Gasteiger partial charge on any atom is -0.489 e. The van der Waals surface area contributed by atoms with Crippen molar-refractivity contribution >= 4 is 0 Å². The molecule has 1 aromatic heterocycles. The zero-order chi connectivity index (χ0) is 20.7. The summed E-state index contributed by atoms with van der Waals surface area (Å²) in [5, 5.41) is 19.6. The lowest BCUT2D eigenvalue weighted by Crippen LogP contribution is -2.49. The zero-order valence-electron chi connectivity index (χ0n) is 14.2. The quantitative estimate of drug-likeness (QED) is 0.772. The molecule has 0 saturated heterocycles. The molecule has 0 bridgehead atoms. The lowest BCUT2D eigenvalue weighted by Gasteiger charge is -2.29. The molecule has 148 valence electrons. The maximum atomic E-state index is 13.7. The molecule has 1 aliphatic heterocycles. The normalized spacial score (nSPS) is 20.8. The van der Waals surface area contributed by atoms with Crippen molar-refractivity contribution in [2.75, 3.05) is 19.8 Å². The van der Waals surface area contributed by atoms with Gasteiger partial charge in [-0.15, -0.1) is 0 Å². The van der Waals surface area contributed by atoms with E-state index in [1.165, 1.54) is 12.1 Å². The van der Waals surface area contributed by atoms with Gasteiger partial charge in [-0.2, -0.15) is 18.4 Å². The standard InChI is InChI=1S/C18H14F5N3O2/c19-6-16(7-24)9-28-15-12(16)5-13(17(27,8-25)18(21,22)23)26-14(15)10-1-3-11(20)4-2-10/h1-5,27H,6,8-9,25H2. The van der Waals surface area contributed by atoms with E-state index < -0.39 is 48.5 Å². The van der Waals surface area contributed by atoms with E-state index >= 15 is 0 Å². The molecule has 28 heavy (non-hydrogen) atoms. The van der Waals surface area contributed by atoms with Gasteiger partial charge in [-0.25, -0.2) is 13.8 Å². The van der Waals surface area contributed by atoms with E-state index in [0.717, 1.165) is 18.2 Å². The minimum absolute atomic E-state index is 0.101. The first-order chi connectivity index (χ1) is 13.1. The highest BCUT2D eigenvalue weighted by molar-refractivity contribution is 5.71. The van der Waals surface area contributed by atoms with Gasteiger partial charge in [0, 0.05) is 17.7 Å². The van der Waals surface area contributed by atoms with Crippen molar-refractivity contribution in [3.63, 3.8) is 0 Å². The highest BCUT2D eigenvalue weighted by Crippen LogP contribution is 2.47. The second-order valence-corrected chi connectivity index (χ2v) is 6.42. The number of nitriles is 1. The van der Waals surface area contributed by atoms with Crippen molar-refractivity contribution in [3.05, 3.63) is 47.4 Å². The predicted molar refractivity (Wildman–Crippen MR) is 87.4 cm³/mol. The summed E-state index contributed by atoms with van der Waals surface area (Å²) in [5.41, 5.74) is -1.32. The van der Waals surface area contributed by atoms with Crippen LogP contribution in [0.2, 0.25) is 0 Å². The Labute approximate surface area is 156 Å². The van der Waals surface area contributed by atoms with Gasteiger partial charge in [0.1, 0.15) is 30.2 Å². The van der Waals surface area contributed by atoms with Crippen LogP contribution in [0.1, 0.15) is 11.3 Å². The summed E-state index contributed by atoms with van der Waals surface area (Å²) in [5.74, 6) is -0.697. The van der Waals surface area contributed by atoms with Gasteiger partial charge < -0.3 is 15.6 Å². The van der Waals surface area contributed by atoms with Crippen LogP contribution in [-0.4, -0.2) is 36.1 Å². The zero-order valence-corrected chi connectivity index (χ0v) is 14.2. The molecule has 1 aliphatic rings. The number of fused-ring (bicyclic) bond motifs is 1. The molecular formula is C18H14F5N3O2. The summed E-state index contributed by atoms with van der Waals surface area (Å²) in [6, 6.07) is 7.10.